The van der Waals surface area contributed by atoms with Crippen LogP contribution >= 0.6 is 0 Å². The van der Waals surface area contributed by atoms with Gasteiger partial charge in [0, 0.05) is 37.9 Å². The molecule has 2 unspecified atom stereocenters. The Morgan fingerprint density at radius 1 is 1.18 bits per heavy atom. The van der Waals surface area contributed by atoms with E-state index in [1.54, 1.807) is 4.90 Å². The summed E-state index contributed by atoms with van der Waals surface area (Å²) >= 11 is 0. The number of urea groups is 1. The van der Waals surface area contributed by atoms with E-state index in [2.05, 4.69) is 27.7 Å². The Morgan fingerprint density at radius 2 is 2.03 bits per heavy atom. The van der Waals surface area contributed by atoms with Gasteiger partial charge < -0.3 is 25.4 Å². The number of aromatic nitrogens is 1. The zero-order chi connectivity index (χ0) is 26.7. The number of carboxylic acid groups (broad SMARTS) is 1. The fourth-order valence-electron chi connectivity index (χ4n) is 4.91. The summed E-state index contributed by atoms with van der Waals surface area (Å²) in [4.78, 5) is 33.1. The third-order valence-electron chi connectivity index (χ3n) is 7.44. The van der Waals surface area contributed by atoms with Crippen molar-refractivity contribution in [2.45, 2.75) is 64.0 Å². The van der Waals surface area contributed by atoms with Crippen molar-refractivity contribution in [2.75, 3.05) is 44.6 Å². The molecule has 206 valence electrons. The molecule has 38 heavy (non-hydrogen) atoms. The maximum absolute atomic E-state index is 12.5. The Labute approximate surface area is 225 Å². The van der Waals surface area contributed by atoms with Gasteiger partial charge in [0.1, 0.15) is 24.2 Å². The predicted molar refractivity (Wildman–Crippen MR) is 148 cm³/mol. The predicted octanol–water partition coefficient (Wildman–Crippen LogP) is 3.79. The lowest BCUT2D eigenvalue weighted by Gasteiger charge is -2.39. The second-order valence-electron chi connectivity index (χ2n) is 10.3. The van der Waals surface area contributed by atoms with Gasteiger partial charge in [-0.15, -0.1) is 0 Å². The number of hydrogen-bond acceptors (Lipinski definition) is 6. The van der Waals surface area contributed by atoms with Gasteiger partial charge in [-0.3, -0.25) is 4.90 Å². The van der Waals surface area contributed by atoms with E-state index in [9.17, 15) is 14.7 Å². The molecule has 1 aromatic heterocycles. The number of nitrogens with one attached hydrogen (secondary N) is 2. The van der Waals surface area contributed by atoms with E-state index in [4.69, 9.17) is 9.72 Å². The molecule has 2 aliphatic heterocycles. The number of carbonyl (C=O) groups excluding carboxylic acids is 1. The first kappa shape index (κ1) is 27.7. The van der Waals surface area contributed by atoms with E-state index in [0.29, 0.717) is 32.7 Å². The number of anilines is 1. The number of rotatable bonds is 14. The van der Waals surface area contributed by atoms with Crippen molar-refractivity contribution >= 4 is 17.8 Å². The van der Waals surface area contributed by atoms with E-state index in [1.165, 1.54) is 5.56 Å². The van der Waals surface area contributed by atoms with Crippen molar-refractivity contribution < 1.29 is 19.4 Å². The van der Waals surface area contributed by atoms with Crippen LogP contribution in [0.15, 0.2) is 42.5 Å². The number of aryl methyl sites for hydroxylation is 2. The Bertz CT molecular complexity index is 1050. The number of unbranched alkanes of at least 4 members (excludes halogenated alkanes) is 1. The number of likely N-dealkylation sites (tertiary alicyclic amines) is 1. The first-order chi connectivity index (χ1) is 18.5. The van der Waals surface area contributed by atoms with Crippen LogP contribution in [0.2, 0.25) is 0 Å². The highest BCUT2D eigenvalue weighted by Crippen LogP contribution is 2.20. The van der Waals surface area contributed by atoms with Crippen molar-refractivity contribution in [3.63, 3.8) is 0 Å². The fourth-order valence-corrected chi connectivity index (χ4v) is 4.91. The van der Waals surface area contributed by atoms with Gasteiger partial charge in [-0.2, -0.15) is 0 Å². The molecule has 3 heterocycles. The summed E-state index contributed by atoms with van der Waals surface area (Å²) in [5.74, 6) is 0.848. The Kier molecular flexibility index (Phi) is 10.2. The molecule has 0 bridgehead atoms. The number of aliphatic carboxylic acids is 1. The van der Waals surface area contributed by atoms with Crippen molar-refractivity contribution in [3.05, 3.63) is 53.7 Å². The molecule has 0 radical (unpaired) electrons. The zero-order valence-corrected chi connectivity index (χ0v) is 22.4. The second kappa shape index (κ2) is 14.0. The molecule has 9 heteroatoms. The third kappa shape index (κ3) is 8.08. The Balaban J connectivity index is 1.27. The van der Waals surface area contributed by atoms with Crippen LogP contribution in [0.3, 0.4) is 0 Å². The second-order valence-corrected chi connectivity index (χ2v) is 10.3. The molecule has 0 saturated carbocycles. The van der Waals surface area contributed by atoms with Gasteiger partial charge in [0.05, 0.1) is 0 Å². The minimum atomic E-state index is -1.00. The molecule has 4 rings (SSSR count). The number of para-hydroxylation sites is 1. The van der Waals surface area contributed by atoms with Crippen molar-refractivity contribution in [1.82, 2.24) is 20.1 Å². The topological polar surface area (TPSA) is 107 Å². The van der Waals surface area contributed by atoms with Gasteiger partial charge in [0.25, 0.3) is 0 Å². The number of nitrogens with zero attached hydrogens (tertiary/aromatic N) is 3. The number of ether oxygens (including phenoxy) is 1. The van der Waals surface area contributed by atoms with Crippen LogP contribution in [0.1, 0.15) is 50.3 Å². The molecule has 1 fully saturated rings. The summed E-state index contributed by atoms with van der Waals surface area (Å²) in [5, 5.41) is 15.8. The maximum Gasteiger partial charge on any atom is 0.326 e. The lowest BCUT2D eigenvalue weighted by molar-refractivity contribution is -0.139. The highest BCUT2D eigenvalue weighted by Gasteiger charge is 2.31. The van der Waals surface area contributed by atoms with Crippen LogP contribution < -0.4 is 15.4 Å². The summed E-state index contributed by atoms with van der Waals surface area (Å²) in [7, 11) is 0. The minimum Gasteiger partial charge on any atom is -0.492 e. The van der Waals surface area contributed by atoms with Crippen molar-refractivity contribution in [3.8, 4) is 5.75 Å². The van der Waals surface area contributed by atoms with Gasteiger partial charge in [-0.05, 0) is 82.2 Å². The van der Waals surface area contributed by atoms with E-state index < -0.39 is 12.0 Å². The Hall–Kier alpha value is -3.33. The minimum absolute atomic E-state index is 0.163. The summed E-state index contributed by atoms with van der Waals surface area (Å²) in [5.41, 5.74) is 2.40. The van der Waals surface area contributed by atoms with E-state index >= 15 is 0 Å². The SMILES string of the molecule is CC1CCN1C(=O)NC(CCN(CCCCc1ccc2c(n1)NCCC2)CCOc1ccccc1)C(=O)O. The normalized spacial score (nSPS) is 17.2. The third-order valence-corrected chi connectivity index (χ3v) is 7.44. The molecule has 2 aliphatic rings. The average Bonchev–Trinajstić information content (AvgIpc) is 2.92. The lowest BCUT2D eigenvalue weighted by Crippen LogP contribution is -2.57. The summed E-state index contributed by atoms with van der Waals surface area (Å²) in [6, 6.07) is 13.0. The number of carboxylic acids is 1. The van der Waals surface area contributed by atoms with Crippen molar-refractivity contribution in [2.24, 2.45) is 0 Å². The van der Waals surface area contributed by atoms with Gasteiger partial charge in [0.2, 0.25) is 0 Å². The number of amides is 2. The first-order valence-corrected chi connectivity index (χ1v) is 13.9. The van der Waals surface area contributed by atoms with E-state index in [1.807, 2.05) is 37.3 Å². The molecule has 9 nitrogen and oxygen atoms in total. The van der Waals surface area contributed by atoms with Gasteiger partial charge in [-0.1, -0.05) is 24.3 Å². The number of benzene rings is 1. The van der Waals surface area contributed by atoms with E-state index in [0.717, 1.165) is 68.9 Å². The van der Waals surface area contributed by atoms with Crippen LogP contribution in [0, 0.1) is 0 Å². The molecule has 2 amide bonds. The monoisotopic (exact) mass is 523 g/mol. The number of pyridine rings is 1. The summed E-state index contributed by atoms with van der Waals surface area (Å²) in [6.07, 6.45) is 6.41. The molecule has 2 atom stereocenters. The fraction of sp³-hybridized carbons (Fsp3) is 0.552. The number of hydrogen-bond donors (Lipinski definition) is 3. The van der Waals surface area contributed by atoms with Crippen LogP contribution in [0.25, 0.3) is 0 Å². The zero-order valence-electron chi connectivity index (χ0n) is 22.4. The quantitative estimate of drug-likeness (QED) is 0.324. The summed E-state index contributed by atoms with van der Waals surface area (Å²) < 4.78 is 5.90. The lowest BCUT2D eigenvalue weighted by atomic mass is 10.1. The van der Waals surface area contributed by atoms with Gasteiger partial charge in [0.15, 0.2) is 0 Å². The Morgan fingerprint density at radius 3 is 2.76 bits per heavy atom. The van der Waals surface area contributed by atoms with Crippen LogP contribution in [0.4, 0.5) is 10.6 Å². The van der Waals surface area contributed by atoms with E-state index in [-0.39, 0.29) is 12.1 Å². The van der Waals surface area contributed by atoms with Gasteiger partial charge >= 0.3 is 12.0 Å². The molecular weight excluding hydrogens is 482 g/mol. The molecular formula is C29H41N5O4. The largest absolute Gasteiger partial charge is 0.492 e. The van der Waals surface area contributed by atoms with Crippen LogP contribution in [0.5, 0.6) is 5.75 Å². The molecule has 2 aromatic rings. The molecule has 1 aromatic carbocycles. The molecule has 3 N–H and O–H groups in total. The van der Waals surface area contributed by atoms with Gasteiger partial charge in [-0.25, -0.2) is 14.6 Å². The first-order valence-electron chi connectivity index (χ1n) is 13.9. The molecule has 0 aliphatic carbocycles. The number of fused-ring (bicyclic) bond motifs is 1. The highest BCUT2D eigenvalue weighted by atomic mass is 16.5. The standard InChI is InChI=1S/C29H41N5O4/c1-22-14-19-34(22)29(37)32-26(28(35)36)15-18-33(20-21-38-25-10-3-2-4-11-25)17-6-5-9-24-13-12-23-8-7-16-30-27(23)31-24/h2-4,10-13,22,26H,5-9,14-21H2,1H3,(H,30,31)(H,32,37)(H,35,36). The van der Waals surface area contributed by atoms with Crippen LogP contribution in [-0.4, -0.2) is 83.3 Å². The summed E-state index contributed by atoms with van der Waals surface area (Å²) in [6.45, 7) is 6.22. The maximum atomic E-state index is 12.5. The number of carbonyl (C=O) groups is 2. The van der Waals surface area contributed by atoms with Crippen LogP contribution in [-0.2, 0) is 17.6 Å². The molecule has 1 saturated heterocycles. The molecule has 0 spiro atoms. The highest BCUT2D eigenvalue weighted by molar-refractivity contribution is 5.83. The smallest absolute Gasteiger partial charge is 0.326 e. The average molecular weight is 524 g/mol. The van der Waals surface area contributed by atoms with Crippen molar-refractivity contribution in [1.29, 1.82) is 0 Å².